The van der Waals surface area contributed by atoms with E-state index in [0.717, 1.165) is 12.8 Å². The van der Waals surface area contributed by atoms with Gasteiger partial charge in [0.1, 0.15) is 0 Å². The number of aryl methyl sites for hydroxylation is 1. The Kier molecular flexibility index (Phi) is 4.98. The molecular formula is C16H19NO3S. The largest absolute Gasteiger partial charge is 0.392 e. The lowest BCUT2D eigenvalue weighted by Gasteiger charge is -2.11. The van der Waals surface area contributed by atoms with E-state index in [2.05, 4.69) is 11.6 Å². The second-order valence-corrected chi connectivity index (χ2v) is 6.47. The number of nitrogens with one attached hydrogen (secondary N) is 1. The zero-order chi connectivity index (χ0) is 15.3. The lowest BCUT2D eigenvalue weighted by atomic mass is 10.1. The first-order valence-corrected chi connectivity index (χ1v) is 8.35. The Morgan fingerprint density at radius 3 is 2.33 bits per heavy atom. The van der Waals surface area contributed by atoms with E-state index < -0.39 is 10.0 Å². The van der Waals surface area contributed by atoms with Crippen molar-refractivity contribution in [2.24, 2.45) is 0 Å². The Balaban J connectivity index is 2.24. The molecule has 4 nitrogen and oxygen atoms in total. The summed E-state index contributed by atoms with van der Waals surface area (Å²) < 4.78 is 27.3. The average Bonchev–Trinajstić information content (AvgIpc) is 2.49. The fraction of sp³-hybridized carbons (Fsp3) is 0.250. The van der Waals surface area contributed by atoms with E-state index >= 15 is 0 Å². The Bertz CT molecular complexity index is 694. The molecule has 5 heteroatoms. The molecule has 2 N–H and O–H groups in total. The van der Waals surface area contributed by atoms with Crippen LogP contribution >= 0.6 is 0 Å². The lowest BCUT2D eigenvalue weighted by Crippen LogP contribution is -2.15. The number of anilines is 1. The molecule has 0 fully saturated rings. The van der Waals surface area contributed by atoms with Crippen molar-refractivity contribution in [3.8, 4) is 0 Å². The van der Waals surface area contributed by atoms with Crippen LogP contribution in [0, 0.1) is 0 Å². The van der Waals surface area contributed by atoms with Gasteiger partial charge in [0.25, 0.3) is 10.0 Å². The number of aliphatic hydroxyl groups excluding tert-OH is 1. The molecule has 0 saturated heterocycles. The summed E-state index contributed by atoms with van der Waals surface area (Å²) >= 11 is 0. The van der Waals surface area contributed by atoms with Gasteiger partial charge in [0.15, 0.2) is 0 Å². The Morgan fingerprint density at radius 1 is 1.05 bits per heavy atom. The molecule has 0 saturated carbocycles. The molecule has 2 aromatic carbocycles. The molecule has 0 spiro atoms. The van der Waals surface area contributed by atoms with Crippen molar-refractivity contribution in [3.05, 3.63) is 59.7 Å². The second-order valence-electron chi connectivity index (χ2n) is 4.82. The van der Waals surface area contributed by atoms with Gasteiger partial charge in [-0.15, -0.1) is 0 Å². The molecule has 0 aliphatic rings. The van der Waals surface area contributed by atoms with Crippen molar-refractivity contribution in [2.75, 3.05) is 4.72 Å². The van der Waals surface area contributed by atoms with Gasteiger partial charge in [0.2, 0.25) is 0 Å². The van der Waals surface area contributed by atoms with Crippen LogP contribution in [-0.4, -0.2) is 13.5 Å². The highest BCUT2D eigenvalue weighted by Crippen LogP contribution is 2.20. The predicted octanol–water partition coefficient (Wildman–Crippen LogP) is 2.93. The maximum atomic E-state index is 12.4. The van der Waals surface area contributed by atoms with E-state index in [4.69, 9.17) is 0 Å². The third kappa shape index (κ3) is 3.83. The molecule has 0 aliphatic carbocycles. The fourth-order valence-corrected chi connectivity index (χ4v) is 3.43. The Hall–Kier alpha value is -1.85. The van der Waals surface area contributed by atoms with Crippen LogP contribution in [-0.2, 0) is 23.1 Å². The van der Waals surface area contributed by atoms with E-state index in [0.29, 0.717) is 11.3 Å². The molecule has 0 bridgehead atoms. The van der Waals surface area contributed by atoms with Gasteiger partial charge in [-0.3, -0.25) is 4.72 Å². The highest BCUT2D eigenvalue weighted by atomic mass is 32.2. The van der Waals surface area contributed by atoms with Crippen LogP contribution in [0.4, 0.5) is 5.69 Å². The van der Waals surface area contributed by atoms with Crippen molar-refractivity contribution in [1.82, 2.24) is 0 Å². The highest BCUT2D eigenvalue weighted by molar-refractivity contribution is 7.92. The minimum Gasteiger partial charge on any atom is -0.392 e. The van der Waals surface area contributed by atoms with Crippen molar-refractivity contribution in [3.63, 3.8) is 0 Å². The van der Waals surface area contributed by atoms with Crippen molar-refractivity contribution >= 4 is 15.7 Å². The van der Waals surface area contributed by atoms with Crippen LogP contribution in [0.3, 0.4) is 0 Å². The molecule has 2 rings (SSSR count). The minimum atomic E-state index is -3.69. The van der Waals surface area contributed by atoms with Crippen LogP contribution in [0.1, 0.15) is 24.5 Å². The fourth-order valence-electron chi connectivity index (χ4n) is 2.13. The molecule has 112 valence electrons. The van der Waals surface area contributed by atoms with E-state index in [1.807, 2.05) is 12.1 Å². The third-order valence-electron chi connectivity index (χ3n) is 3.18. The van der Waals surface area contributed by atoms with Crippen molar-refractivity contribution in [2.45, 2.75) is 31.3 Å². The average molecular weight is 305 g/mol. The number of hydrogen-bond acceptors (Lipinski definition) is 3. The summed E-state index contributed by atoms with van der Waals surface area (Å²) in [5, 5.41) is 9.25. The molecule has 0 aromatic heterocycles. The number of aliphatic hydroxyl groups is 1. The number of benzene rings is 2. The molecule has 0 radical (unpaired) electrons. The first-order valence-electron chi connectivity index (χ1n) is 6.87. The maximum absolute atomic E-state index is 12.4. The highest BCUT2D eigenvalue weighted by Gasteiger charge is 2.17. The second kappa shape index (κ2) is 6.74. The SMILES string of the molecule is CCCc1ccc(NS(=O)(=O)c2ccccc2CO)cc1. The first kappa shape index (κ1) is 15.5. The van der Waals surface area contributed by atoms with Crippen LogP contribution < -0.4 is 4.72 Å². The summed E-state index contributed by atoms with van der Waals surface area (Å²) in [6.07, 6.45) is 2.02. The summed E-state index contributed by atoms with van der Waals surface area (Å²) in [6.45, 7) is 1.79. The monoisotopic (exact) mass is 305 g/mol. The Morgan fingerprint density at radius 2 is 1.71 bits per heavy atom. The first-order chi connectivity index (χ1) is 10.1. The molecule has 0 atom stereocenters. The van der Waals surface area contributed by atoms with Crippen LogP contribution in [0.2, 0.25) is 0 Å². The van der Waals surface area contributed by atoms with E-state index in [-0.39, 0.29) is 11.5 Å². The molecule has 21 heavy (non-hydrogen) atoms. The molecule has 0 heterocycles. The molecule has 0 amide bonds. The number of rotatable bonds is 6. The molecular weight excluding hydrogens is 286 g/mol. The molecule has 2 aromatic rings. The van der Waals surface area contributed by atoms with Crippen molar-refractivity contribution in [1.29, 1.82) is 0 Å². The van der Waals surface area contributed by atoms with E-state index in [9.17, 15) is 13.5 Å². The van der Waals surface area contributed by atoms with Gasteiger partial charge in [0, 0.05) is 5.69 Å². The smallest absolute Gasteiger partial charge is 0.262 e. The van der Waals surface area contributed by atoms with Gasteiger partial charge < -0.3 is 5.11 Å². The van der Waals surface area contributed by atoms with Gasteiger partial charge in [-0.25, -0.2) is 8.42 Å². The zero-order valence-corrected chi connectivity index (χ0v) is 12.7. The van der Waals surface area contributed by atoms with Gasteiger partial charge in [0.05, 0.1) is 11.5 Å². The Labute approximate surface area is 125 Å². The predicted molar refractivity (Wildman–Crippen MR) is 83.6 cm³/mol. The summed E-state index contributed by atoms with van der Waals surface area (Å²) in [6, 6.07) is 13.8. The van der Waals surface area contributed by atoms with E-state index in [1.54, 1.807) is 30.3 Å². The topological polar surface area (TPSA) is 66.4 Å². The lowest BCUT2D eigenvalue weighted by molar-refractivity contribution is 0.278. The summed E-state index contributed by atoms with van der Waals surface area (Å²) in [5.41, 5.74) is 2.08. The number of hydrogen-bond donors (Lipinski definition) is 2. The van der Waals surface area contributed by atoms with Gasteiger partial charge in [-0.2, -0.15) is 0 Å². The molecule has 0 unspecified atom stereocenters. The standard InChI is InChI=1S/C16H19NO3S/c1-2-5-13-8-10-15(11-9-13)17-21(19,20)16-7-4-3-6-14(16)12-18/h3-4,6-11,17-18H,2,5,12H2,1H3. The minimum absolute atomic E-state index is 0.102. The normalized spacial score (nSPS) is 11.3. The van der Waals surface area contributed by atoms with Gasteiger partial charge in [-0.05, 0) is 35.7 Å². The van der Waals surface area contributed by atoms with E-state index in [1.165, 1.54) is 11.6 Å². The summed E-state index contributed by atoms with van der Waals surface area (Å²) in [7, 11) is -3.69. The zero-order valence-electron chi connectivity index (χ0n) is 11.9. The summed E-state index contributed by atoms with van der Waals surface area (Å²) in [5.74, 6) is 0. The van der Waals surface area contributed by atoms with Crippen molar-refractivity contribution < 1.29 is 13.5 Å². The van der Waals surface area contributed by atoms with Crippen LogP contribution in [0.25, 0.3) is 0 Å². The van der Waals surface area contributed by atoms with Crippen LogP contribution in [0.5, 0.6) is 0 Å². The van der Waals surface area contributed by atoms with Gasteiger partial charge in [-0.1, -0.05) is 43.7 Å². The van der Waals surface area contributed by atoms with Crippen LogP contribution in [0.15, 0.2) is 53.4 Å². The van der Waals surface area contributed by atoms with Gasteiger partial charge >= 0.3 is 0 Å². The quantitative estimate of drug-likeness (QED) is 0.862. The third-order valence-corrected chi connectivity index (χ3v) is 4.66. The summed E-state index contributed by atoms with van der Waals surface area (Å²) in [4.78, 5) is 0.102. The maximum Gasteiger partial charge on any atom is 0.262 e. The molecule has 0 aliphatic heterocycles. The number of sulfonamides is 1.